The average Bonchev–Trinajstić information content (AvgIpc) is 2.42. The zero-order valence-corrected chi connectivity index (χ0v) is 12.6. The van der Waals surface area contributed by atoms with Crippen molar-refractivity contribution < 1.29 is 13.6 Å². The van der Waals surface area contributed by atoms with Gasteiger partial charge in [0.15, 0.2) is 0 Å². The van der Waals surface area contributed by atoms with E-state index in [1.807, 2.05) is 0 Å². The van der Waals surface area contributed by atoms with Gasteiger partial charge in [-0.1, -0.05) is 15.9 Å². The molecule has 0 fully saturated rings. The van der Waals surface area contributed by atoms with Crippen LogP contribution in [0.5, 0.6) is 0 Å². The lowest BCUT2D eigenvalue weighted by Gasteiger charge is -2.06. The molecule has 0 aliphatic carbocycles. The zero-order valence-electron chi connectivity index (χ0n) is 10.2. The molecule has 0 aliphatic heterocycles. The van der Waals surface area contributed by atoms with Crippen molar-refractivity contribution in [3.05, 3.63) is 58.6 Å². The van der Waals surface area contributed by atoms with Crippen LogP contribution in [0.25, 0.3) is 0 Å². The maximum atomic E-state index is 13.4. The topological polar surface area (TPSA) is 29.1 Å². The molecule has 2 aromatic rings. The fourth-order valence-electron chi connectivity index (χ4n) is 1.46. The van der Waals surface area contributed by atoms with Gasteiger partial charge in [-0.25, -0.2) is 8.78 Å². The molecule has 1 amide bonds. The van der Waals surface area contributed by atoms with Gasteiger partial charge in [-0.15, -0.1) is 11.8 Å². The van der Waals surface area contributed by atoms with Gasteiger partial charge in [-0.05, 0) is 42.5 Å². The van der Waals surface area contributed by atoms with Crippen LogP contribution >= 0.6 is 27.7 Å². The van der Waals surface area contributed by atoms with Crippen molar-refractivity contribution >= 4 is 39.3 Å². The van der Waals surface area contributed by atoms with E-state index in [1.165, 1.54) is 0 Å². The average molecular weight is 358 g/mol. The second kappa shape index (κ2) is 6.85. The van der Waals surface area contributed by atoms with Gasteiger partial charge in [0.1, 0.15) is 11.6 Å². The number of nitrogens with one attached hydrogen (secondary N) is 1. The predicted molar refractivity (Wildman–Crippen MR) is 79.9 cm³/mol. The minimum absolute atomic E-state index is 0.0104. The summed E-state index contributed by atoms with van der Waals surface area (Å²) in [5.74, 6) is -1.33. The fraction of sp³-hybridized carbons (Fsp3) is 0.0714. The number of benzene rings is 2. The molecule has 2 nitrogen and oxygen atoms in total. The minimum atomic E-state index is -0.534. The molecule has 0 unspecified atom stereocenters. The van der Waals surface area contributed by atoms with Gasteiger partial charge in [0.05, 0.1) is 5.75 Å². The molecule has 0 saturated heterocycles. The van der Waals surface area contributed by atoms with Gasteiger partial charge < -0.3 is 5.32 Å². The van der Waals surface area contributed by atoms with Crippen molar-refractivity contribution in [2.24, 2.45) is 0 Å². The van der Waals surface area contributed by atoms with Gasteiger partial charge >= 0.3 is 0 Å². The second-order valence-electron chi connectivity index (χ2n) is 3.92. The highest BCUT2D eigenvalue weighted by Crippen LogP contribution is 2.23. The van der Waals surface area contributed by atoms with E-state index in [0.29, 0.717) is 5.69 Å². The number of amides is 1. The molecular formula is C14H10BrF2NOS. The molecule has 1 N–H and O–H groups in total. The molecule has 20 heavy (non-hydrogen) atoms. The highest BCUT2D eigenvalue weighted by molar-refractivity contribution is 9.10. The lowest BCUT2D eigenvalue weighted by Crippen LogP contribution is -2.14. The number of carbonyl (C=O) groups excluding carboxylic acids is 1. The van der Waals surface area contributed by atoms with Crippen molar-refractivity contribution in [2.45, 2.75) is 4.90 Å². The van der Waals surface area contributed by atoms with Crippen LogP contribution in [-0.4, -0.2) is 11.7 Å². The van der Waals surface area contributed by atoms with Crippen LogP contribution in [0.4, 0.5) is 14.5 Å². The van der Waals surface area contributed by atoms with Crippen molar-refractivity contribution in [3.63, 3.8) is 0 Å². The van der Waals surface area contributed by atoms with Crippen LogP contribution < -0.4 is 5.32 Å². The van der Waals surface area contributed by atoms with Crippen LogP contribution in [-0.2, 0) is 4.79 Å². The minimum Gasteiger partial charge on any atom is -0.325 e. The maximum absolute atomic E-state index is 13.4. The van der Waals surface area contributed by atoms with Crippen LogP contribution in [0.15, 0.2) is 51.8 Å². The van der Waals surface area contributed by atoms with E-state index in [2.05, 4.69) is 21.2 Å². The molecule has 104 valence electrons. The number of halogens is 3. The molecule has 0 bridgehead atoms. The lowest BCUT2D eigenvalue weighted by atomic mass is 10.3. The van der Waals surface area contributed by atoms with Gasteiger partial charge in [-0.3, -0.25) is 4.79 Å². The molecule has 0 heterocycles. The Bertz CT molecular complexity index is 619. The first-order valence-corrected chi connectivity index (χ1v) is 7.46. The van der Waals surface area contributed by atoms with Crippen LogP contribution in [0.3, 0.4) is 0 Å². The normalized spacial score (nSPS) is 10.3. The van der Waals surface area contributed by atoms with Crippen LogP contribution in [0, 0.1) is 11.6 Å². The summed E-state index contributed by atoms with van der Waals surface area (Å²) in [5.41, 5.74) is 0.651. The number of rotatable bonds is 4. The lowest BCUT2D eigenvalue weighted by molar-refractivity contribution is -0.113. The van der Waals surface area contributed by atoms with Gasteiger partial charge in [-0.2, -0.15) is 0 Å². The number of hydrogen-bond acceptors (Lipinski definition) is 2. The Morgan fingerprint density at radius 3 is 2.55 bits per heavy atom. The first-order valence-electron chi connectivity index (χ1n) is 5.68. The summed E-state index contributed by atoms with van der Waals surface area (Å²) in [4.78, 5) is 11.8. The van der Waals surface area contributed by atoms with Crippen LogP contribution in [0.1, 0.15) is 0 Å². The summed E-state index contributed by atoms with van der Waals surface area (Å²) < 4.78 is 27.2. The van der Waals surface area contributed by atoms with E-state index in [1.54, 1.807) is 24.3 Å². The van der Waals surface area contributed by atoms with Gasteiger partial charge in [0, 0.05) is 15.1 Å². The van der Waals surface area contributed by atoms with E-state index >= 15 is 0 Å². The Hall–Kier alpha value is -1.40. The van der Waals surface area contributed by atoms with Crippen molar-refractivity contribution in [1.29, 1.82) is 0 Å². The van der Waals surface area contributed by atoms with E-state index in [9.17, 15) is 13.6 Å². The third kappa shape index (κ3) is 4.31. The highest BCUT2D eigenvalue weighted by Gasteiger charge is 2.08. The fourth-order valence-corrected chi connectivity index (χ4v) is 2.49. The van der Waals surface area contributed by atoms with Gasteiger partial charge in [0.25, 0.3) is 0 Å². The summed E-state index contributed by atoms with van der Waals surface area (Å²) in [7, 11) is 0. The SMILES string of the molecule is O=C(CSc1cc(F)ccc1F)Nc1ccc(Br)cc1. The Labute approximate surface area is 127 Å². The van der Waals surface area contributed by atoms with Crippen molar-refractivity contribution in [2.75, 3.05) is 11.1 Å². The van der Waals surface area contributed by atoms with Crippen LogP contribution in [0.2, 0.25) is 0 Å². The molecule has 6 heteroatoms. The second-order valence-corrected chi connectivity index (χ2v) is 5.85. The standard InChI is InChI=1S/C14H10BrF2NOS/c15-9-1-4-11(5-2-9)18-14(19)8-20-13-7-10(16)3-6-12(13)17/h1-7H,8H2,(H,18,19). The summed E-state index contributed by atoms with van der Waals surface area (Å²) in [6.07, 6.45) is 0. The van der Waals surface area contributed by atoms with E-state index in [4.69, 9.17) is 0 Å². The first kappa shape index (κ1) is 15.0. The number of hydrogen-bond donors (Lipinski definition) is 1. The Kier molecular flexibility index (Phi) is 5.14. The Morgan fingerprint density at radius 2 is 1.85 bits per heavy atom. The van der Waals surface area contributed by atoms with Crippen molar-refractivity contribution in [1.82, 2.24) is 0 Å². The number of thioether (sulfide) groups is 1. The molecule has 0 spiro atoms. The van der Waals surface area contributed by atoms with E-state index in [-0.39, 0.29) is 16.6 Å². The zero-order chi connectivity index (χ0) is 14.5. The maximum Gasteiger partial charge on any atom is 0.234 e. The predicted octanol–water partition coefficient (Wildman–Crippen LogP) is 4.46. The highest BCUT2D eigenvalue weighted by atomic mass is 79.9. The number of anilines is 1. The monoisotopic (exact) mass is 357 g/mol. The summed E-state index contributed by atoms with van der Waals surface area (Å²) in [5, 5.41) is 2.68. The third-order valence-electron chi connectivity index (χ3n) is 2.38. The van der Waals surface area contributed by atoms with E-state index in [0.717, 1.165) is 34.4 Å². The summed E-state index contributed by atoms with van der Waals surface area (Å²) in [6.45, 7) is 0. The Morgan fingerprint density at radius 1 is 1.15 bits per heavy atom. The van der Waals surface area contributed by atoms with Crippen molar-refractivity contribution in [3.8, 4) is 0 Å². The molecular weight excluding hydrogens is 348 g/mol. The van der Waals surface area contributed by atoms with E-state index < -0.39 is 11.6 Å². The number of carbonyl (C=O) groups is 1. The molecule has 0 aliphatic rings. The first-order chi connectivity index (χ1) is 9.54. The molecule has 2 rings (SSSR count). The molecule has 0 atom stereocenters. The third-order valence-corrected chi connectivity index (χ3v) is 3.94. The molecule has 2 aromatic carbocycles. The largest absolute Gasteiger partial charge is 0.325 e. The molecule has 0 aromatic heterocycles. The smallest absolute Gasteiger partial charge is 0.234 e. The molecule has 0 saturated carbocycles. The Balaban J connectivity index is 1.92. The summed E-state index contributed by atoms with van der Waals surface area (Å²) >= 11 is 4.25. The molecule has 0 radical (unpaired) electrons. The summed E-state index contributed by atoms with van der Waals surface area (Å²) in [6, 6.07) is 10.3. The quantitative estimate of drug-likeness (QED) is 0.818. The van der Waals surface area contributed by atoms with Gasteiger partial charge in [0.2, 0.25) is 5.91 Å².